The molecule has 1 amide bonds. The zero-order valence-corrected chi connectivity index (χ0v) is 19.1. The lowest BCUT2D eigenvalue weighted by molar-refractivity contribution is -0.134. The van der Waals surface area contributed by atoms with Crippen molar-refractivity contribution in [3.8, 4) is 0 Å². The number of hydrogen-bond acceptors (Lipinski definition) is 6. The van der Waals surface area contributed by atoms with Crippen molar-refractivity contribution in [1.29, 1.82) is 0 Å². The summed E-state index contributed by atoms with van der Waals surface area (Å²) in [5.41, 5.74) is 1.25. The molecule has 3 aliphatic rings. The molecule has 3 rings (SSSR count). The summed E-state index contributed by atoms with van der Waals surface area (Å²) in [6.07, 6.45) is 14.2. The van der Waals surface area contributed by atoms with Crippen LogP contribution in [0.15, 0.2) is 53.1 Å². The minimum Gasteiger partial charge on any atom is -0.466 e. The number of dihydropyridines is 1. The lowest BCUT2D eigenvalue weighted by atomic mass is 9.78. The van der Waals surface area contributed by atoms with Gasteiger partial charge in [-0.05, 0) is 38.8 Å². The lowest BCUT2D eigenvalue weighted by Crippen LogP contribution is -2.61. The molecule has 0 spiro atoms. The summed E-state index contributed by atoms with van der Waals surface area (Å²) in [6, 6.07) is -0.216. The van der Waals surface area contributed by atoms with E-state index >= 15 is 0 Å². The molecule has 1 saturated heterocycles. The van der Waals surface area contributed by atoms with E-state index in [1.54, 1.807) is 11.0 Å². The molecule has 2 unspecified atom stereocenters. The minimum atomic E-state index is -0.499. The van der Waals surface area contributed by atoms with Gasteiger partial charge in [0.2, 0.25) is 0 Å². The largest absolute Gasteiger partial charge is 0.466 e. The molecule has 0 aromatic rings. The van der Waals surface area contributed by atoms with E-state index in [0.717, 1.165) is 30.8 Å². The minimum absolute atomic E-state index is 0.216. The molecular weight excluding hydrogens is 394 g/mol. The van der Waals surface area contributed by atoms with Crippen molar-refractivity contribution in [3.05, 3.63) is 48.1 Å². The van der Waals surface area contributed by atoms with Gasteiger partial charge in [0.05, 0.1) is 24.4 Å². The van der Waals surface area contributed by atoms with E-state index in [2.05, 4.69) is 36.1 Å². The number of amides is 1. The van der Waals surface area contributed by atoms with E-state index < -0.39 is 11.6 Å². The third kappa shape index (κ3) is 5.15. The highest BCUT2D eigenvalue weighted by Gasteiger charge is 2.43. The zero-order valence-electron chi connectivity index (χ0n) is 19.1. The van der Waals surface area contributed by atoms with Crippen LogP contribution in [0.25, 0.3) is 0 Å². The van der Waals surface area contributed by atoms with E-state index in [4.69, 9.17) is 14.5 Å². The standard InChI is InChI=1S/C24H33N3O4/c1-6-24(27-16-14-26(15-17-27)22(29)31-23(2,3)4)13-7-8-18-9-10-19(25-21(18)24)11-12-20(28)30-5/h7-13,19H,6,14-17H2,1-5H3/b12-11+. The number of carbonyl (C=O) groups is 2. The summed E-state index contributed by atoms with van der Waals surface area (Å²) in [7, 11) is 1.36. The molecule has 7 nitrogen and oxygen atoms in total. The first-order valence-electron chi connectivity index (χ1n) is 10.8. The molecule has 0 aromatic heterocycles. The first-order chi connectivity index (χ1) is 14.7. The fourth-order valence-corrected chi connectivity index (χ4v) is 4.16. The number of carbonyl (C=O) groups excluding carboxylic acids is 2. The maximum absolute atomic E-state index is 12.5. The summed E-state index contributed by atoms with van der Waals surface area (Å²) >= 11 is 0. The topological polar surface area (TPSA) is 71.4 Å². The summed E-state index contributed by atoms with van der Waals surface area (Å²) in [6.45, 7) is 10.5. The lowest BCUT2D eigenvalue weighted by Gasteiger charge is -2.48. The Bertz CT molecular complexity index is 855. The number of esters is 1. The van der Waals surface area contributed by atoms with Crippen LogP contribution in [0.2, 0.25) is 0 Å². The van der Waals surface area contributed by atoms with Crippen molar-refractivity contribution in [1.82, 2.24) is 9.80 Å². The monoisotopic (exact) mass is 427 g/mol. The van der Waals surface area contributed by atoms with Crippen LogP contribution in [-0.4, -0.2) is 78.0 Å². The normalized spacial score (nSPS) is 26.4. The molecule has 1 fully saturated rings. The molecule has 0 saturated carbocycles. The molecule has 31 heavy (non-hydrogen) atoms. The Labute approximate surface area is 184 Å². The number of fused-ring (bicyclic) bond motifs is 1. The van der Waals surface area contributed by atoms with Crippen LogP contribution in [0, 0.1) is 0 Å². The molecule has 0 bridgehead atoms. The molecule has 2 heterocycles. The average Bonchev–Trinajstić information content (AvgIpc) is 2.75. The Morgan fingerprint density at radius 2 is 1.97 bits per heavy atom. The predicted octanol–water partition coefficient (Wildman–Crippen LogP) is 3.29. The zero-order chi connectivity index (χ0) is 22.6. The van der Waals surface area contributed by atoms with Gasteiger partial charge in [-0.15, -0.1) is 0 Å². The van der Waals surface area contributed by atoms with Crippen molar-refractivity contribution in [2.45, 2.75) is 51.3 Å². The first kappa shape index (κ1) is 23.0. The molecule has 2 aliphatic heterocycles. The highest BCUT2D eigenvalue weighted by Crippen LogP contribution is 2.34. The van der Waals surface area contributed by atoms with Crippen LogP contribution in [0.5, 0.6) is 0 Å². The summed E-state index contributed by atoms with van der Waals surface area (Å²) < 4.78 is 10.2. The van der Waals surface area contributed by atoms with Gasteiger partial charge < -0.3 is 14.4 Å². The molecular formula is C24H33N3O4. The molecule has 0 N–H and O–H groups in total. The highest BCUT2D eigenvalue weighted by molar-refractivity contribution is 6.12. The van der Waals surface area contributed by atoms with Gasteiger partial charge in [0.25, 0.3) is 0 Å². The summed E-state index contributed by atoms with van der Waals surface area (Å²) in [5.74, 6) is -0.390. The van der Waals surface area contributed by atoms with Crippen LogP contribution in [0.3, 0.4) is 0 Å². The third-order valence-electron chi connectivity index (χ3n) is 5.75. The van der Waals surface area contributed by atoms with Crippen LogP contribution in [-0.2, 0) is 14.3 Å². The number of methoxy groups -OCH3 is 1. The van der Waals surface area contributed by atoms with Crippen molar-refractivity contribution >= 4 is 17.8 Å². The maximum Gasteiger partial charge on any atom is 0.410 e. The summed E-state index contributed by atoms with van der Waals surface area (Å²) in [4.78, 5) is 33.1. The smallest absolute Gasteiger partial charge is 0.410 e. The maximum atomic E-state index is 12.5. The fraction of sp³-hybridized carbons (Fsp3) is 0.542. The number of nitrogens with zero attached hydrogens (tertiary/aromatic N) is 3. The Balaban J connectivity index is 1.78. The van der Waals surface area contributed by atoms with Crippen molar-refractivity contribution in [2.24, 2.45) is 4.99 Å². The second-order valence-electron chi connectivity index (χ2n) is 8.92. The van der Waals surface area contributed by atoms with Gasteiger partial charge in [-0.25, -0.2) is 9.59 Å². The number of allylic oxidation sites excluding steroid dienone is 3. The van der Waals surface area contributed by atoms with Gasteiger partial charge in [-0.2, -0.15) is 0 Å². The molecule has 7 heteroatoms. The second-order valence-corrected chi connectivity index (χ2v) is 8.92. The highest BCUT2D eigenvalue weighted by atomic mass is 16.6. The Kier molecular flexibility index (Phi) is 6.84. The van der Waals surface area contributed by atoms with Gasteiger partial charge in [0, 0.05) is 32.3 Å². The second kappa shape index (κ2) is 9.22. The fourth-order valence-electron chi connectivity index (χ4n) is 4.16. The van der Waals surface area contributed by atoms with E-state index in [9.17, 15) is 9.59 Å². The Hall–Kier alpha value is -2.67. The van der Waals surface area contributed by atoms with E-state index in [0.29, 0.717) is 13.1 Å². The van der Waals surface area contributed by atoms with E-state index in [1.165, 1.54) is 13.2 Å². The quantitative estimate of drug-likeness (QED) is 0.509. The van der Waals surface area contributed by atoms with Crippen LogP contribution >= 0.6 is 0 Å². The van der Waals surface area contributed by atoms with Gasteiger partial charge in [0.1, 0.15) is 5.60 Å². The number of aliphatic imine (C=N–C) groups is 1. The van der Waals surface area contributed by atoms with Gasteiger partial charge in [-0.3, -0.25) is 9.89 Å². The van der Waals surface area contributed by atoms with Gasteiger partial charge in [-0.1, -0.05) is 37.3 Å². The Morgan fingerprint density at radius 3 is 2.58 bits per heavy atom. The SMILES string of the molecule is CCC1(N2CCN(C(=O)OC(C)(C)C)CC2)C=CC=C2C=CC(/C=C/C(=O)OC)N=C21. The Morgan fingerprint density at radius 1 is 1.26 bits per heavy atom. The van der Waals surface area contributed by atoms with Crippen LogP contribution < -0.4 is 0 Å². The van der Waals surface area contributed by atoms with Crippen molar-refractivity contribution < 1.29 is 19.1 Å². The van der Waals surface area contributed by atoms with Crippen molar-refractivity contribution in [3.63, 3.8) is 0 Å². The molecule has 1 aliphatic carbocycles. The molecule has 0 radical (unpaired) electrons. The molecule has 2 atom stereocenters. The number of ether oxygens (including phenoxy) is 2. The van der Waals surface area contributed by atoms with E-state index in [-0.39, 0.29) is 17.7 Å². The van der Waals surface area contributed by atoms with E-state index in [1.807, 2.05) is 26.8 Å². The number of hydrogen-bond donors (Lipinski definition) is 0. The molecule has 0 aromatic carbocycles. The first-order valence-corrected chi connectivity index (χ1v) is 10.8. The number of piperazine rings is 1. The van der Waals surface area contributed by atoms with Crippen molar-refractivity contribution in [2.75, 3.05) is 33.3 Å². The van der Waals surface area contributed by atoms with Gasteiger partial charge >= 0.3 is 12.1 Å². The third-order valence-corrected chi connectivity index (χ3v) is 5.75. The van der Waals surface area contributed by atoms with Gasteiger partial charge in [0.15, 0.2) is 0 Å². The number of rotatable bonds is 4. The van der Waals surface area contributed by atoms with Crippen LogP contribution in [0.4, 0.5) is 4.79 Å². The summed E-state index contributed by atoms with van der Waals surface area (Å²) in [5, 5.41) is 0. The predicted molar refractivity (Wildman–Crippen MR) is 121 cm³/mol. The van der Waals surface area contributed by atoms with Crippen LogP contribution in [0.1, 0.15) is 34.1 Å². The average molecular weight is 428 g/mol. The molecule has 168 valence electrons.